The molecule has 1 heterocycles. The van der Waals surface area contributed by atoms with Crippen molar-refractivity contribution in [3.8, 4) is 5.75 Å². The van der Waals surface area contributed by atoms with E-state index in [1.165, 1.54) is 12.4 Å². The molecule has 2 N–H and O–H groups in total. The van der Waals surface area contributed by atoms with Gasteiger partial charge >= 0.3 is 0 Å². The zero-order chi connectivity index (χ0) is 15.2. The summed E-state index contributed by atoms with van der Waals surface area (Å²) in [6.07, 6.45) is 2.98. The van der Waals surface area contributed by atoms with Crippen molar-refractivity contribution in [2.24, 2.45) is 0 Å². The van der Waals surface area contributed by atoms with Crippen LogP contribution in [0.25, 0.3) is 0 Å². The average molecular weight is 286 g/mol. The molecule has 1 aromatic heterocycles. The van der Waals surface area contributed by atoms with Crippen LogP contribution < -0.4 is 15.4 Å². The number of rotatable bonds is 5. The second-order valence-corrected chi connectivity index (χ2v) is 4.75. The molecule has 21 heavy (non-hydrogen) atoms. The molecule has 2 rings (SSSR count). The van der Waals surface area contributed by atoms with Gasteiger partial charge in [0.2, 0.25) is 5.95 Å². The number of hydrogen-bond acceptors (Lipinski definition) is 5. The van der Waals surface area contributed by atoms with Crippen LogP contribution in [0, 0.1) is 0 Å². The van der Waals surface area contributed by atoms with E-state index in [0.717, 1.165) is 5.69 Å². The summed E-state index contributed by atoms with van der Waals surface area (Å²) in [4.78, 5) is 20.1. The summed E-state index contributed by atoms with van der Waals surface area (Å²) < 4.78 is 5.24. The predicted molar refractivity (Wildman–Crippen MR) is 80.9 cm³/mol. The van der Waals surface area contributed by atoms with Gasteiger partial charge in [-0.2, -0.15) is 0 Å². The number of aromatic nitrogens is 2. The minimum absolute atomic E-state index is 0.0730. The van der Waals surface area contributed by atoms with E-state index in [2.05, 4.69) is 20.6 Å². The topological polar surface area (TPSA) is 76.1 Å². The van der Waals surface area contributed by atoms with E-state index in [1.54, 1.807) is 7.11 Å². The van der Waals surface area contributed by atoms with Gasteiger partial charge in [-0.1, -0.05) is 12.1 Å². The summed E-state index contributed by atoms with van der Waals surface area (Å²) in [7, 11) is 1.60. The van der Waals surface area contributed by atoms with Crippen molar-refractivity contribution in [1.29, 1.82) is 0 Å². The summed E-state index contributed by atoms with van der Waals surface area (Å²) in [5.74, 6) is 0.914. The lowest BCUT2D eigenvalue weighted by Crippen LogP contribution is -2.30. The predicted octanol–water partition coefficient (Wildman–Crippen LogP) is 2.37. The third-order valence-corrected chi connectivity index (χ3v) is 2.69. The Morgan fingerprint density at radius 1 is 1.19 bits per heavy atom. The van der Waals surface area contributed by atoms with Crippen molar-refractivity contribution in [1.82, 2.24) is 15.3 Å². The molecule has 0 aliphatic rings. The molecule has 0 radical (unpaired) electrons. The number of carbonyl (C=O) groups excluding carboxylic acids is 1. The van der Waals surface area contributed by atoms with E-state index in [4.69, 9.17) is 4.74 Å². The number of para-hydroxylation sites is 2. The zero-order valence-electron chi connectivity index (χ0n) is 12.3. The fourth-order valence-electron chi connectivity index (χ4n) is 1.72. The van der Waals surface area contributed by atoms with Gasteiger partial charge < -0.3 is 15.4 Å². The molecule has 0 unspecified atom stereocenters. The SMILES string of the molecule is COc1ccccc1Nc1ncc(C(=O)NC(C)C)cn1. The van der Waals surface area contributed by atoms with Gasteiger partial charge in [0.1, 0.15) is 5.75 Å². The molecular weight excluding hydrogens is 268 g/mol. The van der Waals surface area contributed by atoms with Crippen LogP contribution in [-0.4, -0.2) is 29.0 Å². The third kappa shape index (κ3) is 3.92. The molecule has 1 amide bonds. The van der Waals surface area contributed by atoms with Crippen molar-refractivity contribution >= 4 is 17.5 Å². The Balaban J connectivity index is 2.11. The lowest BCUT2D eigenvalue weighted by molar-refractivity contribution is 0.0942. The molecular formula is C15H18N4O2. The number of carbonyl (C=O) groups is 1. The van der Waals surface area contributed by atoms with Gasteiger partial charge in [-0.05, 0) is 26.0 Å². The molecule has 0 atom stereocenters. The lowest BCUT2D eigenvalue weighted by Gasteiger charge is -2.10. The monoisotopic (exact) mass is 286 g/mol. The minimum atomic E-state index is -0.186. The molecule has 0 saturated heterocycles. The standard InChI is InChI=1S/C15H18N4O2/c1-10(2)18-14(20)11-8-16-15(17-9-11)19-12-6-4-5-7-13(12)21-3/h4-10H,1-3H3,(H,18,20)(H,16,17,19). The molecule has 6 heteroatoms. The number of amides is 1. The van der Waals surface area contributed by atoms with E-state index in [-0.39, 0.29) is 11.9 Å². The summed E-state index contributed by atoms with van der Waals surface area (Å²) in [6.45, 7) is 3.80. The molecule has 2 aromatic rings. The van der Waals surface area contributed by atoms with Crippen LogP contribution in [0.2, 0.25) is 0 Å². The second kappa shape index (κ2) is 6.69. The number of hydrogen-bond donors (Lipinski definition) is 2. The van der Waals surface area contributed by atoms with E-state index >= 15 is 0 Å². The summed E-state index contributed by atoms with van der Waals surface area (Å²) in [5.41, 5.74) is 1.19. The highest BCUT2D eigenvalue weighted by Gasteiger charge is 2.09. The molecule has 0 aliphatic heterocycles. The van der Waals surface area contributed by atoms with Gasteiger partial charge in [-0.15, -0.1) is 0 Å². The van der Waals surface area contributed by atoms with Gasteiger partial charge in [-0.25, -0.2) is 9.97 Å². The Hall–Kier alpha value is -2.63. The van der Waals surface area contributed by atoms with E-state index < -0.39 is 0 Å². The Morgan fingerprint density at radius 3 is 2.48 bits per heavy atom. The number of nitrogens with one attached hydrogen (secondary N) is 2. The largest absolute Gasteiger partial charge is 0.495 e. The molecule has 0 saturated carbocycles. The maximum Gasteiger partial charge on any atom is 0.254 e. The van der Waals surface area contributed by atoms with E-state index in [1.807, 2.05) is 38.1 Å². The van der Waals surface area contributed by atoms with Crippen molar-refractivity contribution in [3.05, 3.63) is 42.2 Å². The normalized spacial score (nSPS) is 10.3. The van der Waals surface area contributed by atoms with Crippen LogP contribution in [-0.2, 0) is 0 Å². The summed E-state index contributed by atoms with van der Waals surface area (Å²) in [6, 6.07) is 7.54. The molecule has 0 bridgehead atoms. The summed E-state index contributed by atoms with van der Waals surface area (Å²) >= 11 is 0. The molecule has 1 aromatic carbocycles. The first-order valence-corrected chi connectivity index (χ1v) is 6.63. The second-order valence-electron chi connectivity index (χ2n) is 4.75. The first-order chi connectivity index (χ1) is 10.1. The Kier molecular flexibility index (Phi) is 4.71. The molecule has 0 spiro atoms. The van der Waals surface area contributed by atoms with Gasteiger partial charge in [-0.3, -0.25) is 4.79 Å². The van der Waals surface area contributed by atoms with Crippen molar-refractivity contribution in [2.45, 2.75) is 19.9 Å². The minimum Gasteiger partial charge on any atom is -0.495 e. The van der Waals surface area contributed by atoms with Gasteiger partial charge in [0.05, 0.1) is 18.4 Å². The number of benzene rings is 1. The molecule has 6 nitrogen and oxygen atoms in total. The fraction of sp³-hybridized carbons (Fsp3) is 0.267. The maximum atomic E-state index is 11.8. The van der Waals surface area contributed by atoms with Crippen LogP contribution in [0.3, 0.4) is 0 Å². The van der Waals surface area contributed by atoms with Crippen LogP contribution in [0.4, 0.5) is 11.6 Å². The van der Waals surface area contributed by atoms with Crippen LogP contribution in [0.15, 0.2) is 36.7 Å². The van der Waals surface area contributed by atoms with Crippen LogP contribution in [0.5, 0.6) is 5.75 Å². The Morgan fingerprint density at radius 2 is 1.86 bits per heavy atom. The Bertz CT molecular complexity index is 611. The molecule has 110 valence electrons. The highest BCUT2D eigenvalue weighted by Crippen LogP contribution is 2.25. The van der Waals surface area contributed by atoms with Crippen LogP contribution in [0.1, 0.15) is 24.2 Å². The average Bonchev–Trinajstić information content (AvgIpc) is 2.48. The molecule has 0 fully saturated rings. The third-order valence-electron chi connectivity index (χ3n) is 2.69. The highest BCUT2D eigenvalue weighted by molar-refractivity contribution is 5.93. The number of nitrogens with zero attached hydrogens (tertiary/aromatic N) is 2. The maximum absolute atomic E-state index is 11.8. The quantitative estimate of drug-likeness (QED) is 0.882. The lowest BCUT2D eigenvalue weighted by atomic mass is 10.3. The number of anilines is 2. The van der Waals surface area contributed by atoms with E-state index in [9.17, 15) is 4.79 Å². The van der Waals surface area contributed by atoms with Gasteiger partial charge in [0, 0.05) is 18.4 Å². The zero-order valence-corrected chi connectivity index (χ0v) is 12.3. The summed E-state index contributed by atoms with van der Waals surface area (Å²) in [5, 5.41) is 5.84. The van der Waals surface area contributed by atoms with Gasteiger partial charge in [0.25, 0.3) is 5.91 Å². The highest BCUT2D eigenvalue weighted by atomic mass is 16.5. The van der Waals surface area contributed by atoms with Crippen molar-refractivity contribution in [3.63, 3.8) is 0 Å². The first kappa shape index (κ1) is 14.8. The van der Waals surface area contributed by atoms with Crippen molar-refractivity contribution in [2.75, 3.05) is 12.4 Å². The van der Waals surface area contributed by atoms with E-state index in [0.29, 0.717) is 17.3 Å². The fourth-order valence-corrected chi connectivity index (χ4v) is 1.72. The smallest absolute Gasteiger partial charge is 0.254 e. The number of ether oxygens (including phenoxy) is 1. The van der Waals surface area contributed by atoms with Crippen molar-refractivity contribution < 1.29 is 9.53 Å². The number of methoxy groups -OCH3 is 1. The van der Waals surface area contributed by atoms with Gasteiger partial charge in [0.15, 0.2) is 0 Å². The molecule has 0 aliphatic carbocycles. The Labute approximate surface area is 123 Å². The van der Waals surface area contributed by atoms with Crippen LogP contribution >= 0.6 is 0 Å². The first-order valence-electron chi connectivity index (χ1n) is 6.63.